The highest BCUT2D eigenvalue weighted by molar-refractivity contribution is 5.03. The second-order valence-electron chi connectivity index (χ2n) is 9.86. The van der Waals surface area contributed by atoms with Crippen molar-refractivity contribution in [2.45, 2.75) is 121 Å². The van der Waals surface area contributed by atoms with Gasteiger partial charge in [0.2, 0.25) is 0 Å². The molecular formula is C23H35F9. The lowest BCUT2D eigenvalue weighted by Crippen LogP contribution is -2.63. The van der Waals surface area contributed by atoms with Crippen molar-refractivity contribution in [1.29, 1.82) is 0 Å². The molecule has 0 bridgehead atoms. The third-order valence-corrected chi connectivity index (χ3v) is 7.73. The number of unbranched alkanes of at least 4 members (excludes halogenated alkanes) is 4. The zero-order chi connectivity index (χ0) is 24.2. The highest BCUT2D eigenvalue weighted by Gasteiger charge is 2.82. The zero-order valence-corrected chi connectivity index (χ0v) is 18.6. The predicted molar refractivity (Wildman–Crippen MR) is 105 cm³/mol. The van der Waals surface area contributed by atoms with Crippen molar-refractivity contribution in [2.24, 2.45) is 23.7 Å². The van der Waals surface area contributed by atoms with Crippen molar-refractivity contribution in [2.75, 3.05) is 0 Å². The van der Waals surface area contributed by atoms with Crippen LogP contribution >= 0.6 is 0 Å². The fourth-order valence-electron chi connectivity index (χ4n) is 5.58. The molecule has 0 unspecified atom stereocenters. The molecule has 2 fully saturated rings. The molecule has 0 heterocycles. The lowest BCUT2D eigenvalue weighted by atomic mass is 9.67. The van der Waals surface area contributed by atoms with Gasteiger partial charge in [0.15, 0.2) is 0 Å². The first-order chi connectivity index (χ1) is 14.8. The van der Waals surface area contributed by atoms with E-state index in [0.29, 0.717) is 5.92 Å². The summed E-state index contributed by atoms with van der Waals surface area (Å²) in [6.07, 6.45) is 3.93. The molecule has 0 spiro atoms. The number of hydrogen-bond acceptors (Lipinski definition) is 0. The maximum atomic E-state index is 14.2. The summed E-state index contributed by atoms with van der Waals surface area (Å²) >= 11 is 0. The lowest BCUT2D eigenvalue weighted by molar-refractivity contribution is -0.404. The van der Waals surface area contributed by atoms with E-state index in [9.17, 15) is 39.5 Å². The molecule has 0 aromatic carbocycles. The van der Waals surface area contributed by atoms with Crippen LogP contribution in [0.1, 0.15) is 96.8 Å². The molecule has 32 heavy (non-hydrogen) atoms. The van der Waals surface area contributed by atoms with Crippen LogP contribution in [-0.4, -0.2) is 23.9 Å². The Bertz CT molecular complexity index is 554. The third kappa shape index (κ3) is 5.89. The van der Waals surface area contributed by atoms with Crippen LogP contribution in [0.15, 0.2) is 0 Å². The number of alkyl halides is 9. The molecule has 0 radical (unpaired) electrons. The molecule has 0 aromatic heterocycles. The van der Waals surface area contributed by atoms with Gasteiger partial charge in [0.1, 0.15) is 0 Å². The number of halogens is 9. The molecule has 0 aromatic rings. The highest BCUT2D eigenvalue weighted by Crippen LogP contribution is 2.58. The number of hydrogen-bond donors (Lipinski definition) is 0. The van der Waals surface area contributed by atoms with Crippen LogP contribution in [0.3, 0.4) is 0 Å². The van der Waals surface area contributed by atoms with Crippen LogP contribution in [0.5, 0.6) is 0 Å². The normalized spacial score (nSPS) is 28.7. The summed E-state index contributed by atoms with van der Waals surface area (Å²) in [5.74, 6) is -19.9. The minimum Gasteiger partial charge on any atom is -0.199 e. The van der Waals surface area contributed by atoms with Crippen molar-refractivity contribution in [3.8, 4) is 0 Å². The van der Waals surface area contributed by atoms with Crippen molar-refractivity contribution < 1.29 is 39.5 Å². The zero-order valence-electron chi connectivity index (χ0n) is 18.6. The second kappa shape index (κ2) is 10.7. The fraction of sp³-hybridized carbons (Fsp3) is 1.00. The molecule has 2 rings (SSSR count). The average Bonchev–Trinajstić information content (AvgIpc) is 2.73. The van der Waals surface area contributed by atoms with Gasteiger partial charge in [0.05, 0.1) is 0 Å². The second-order valence-corrected chi connectivity index (χ2v) is 9.86. The Morgan fingerprint density at radius 1 is 0.562 bits per heavy atom. The minimum atomic E-state index is -6.78. The first-order valence-corrected chi connectivity index (χ1v) is 12.0. The van der Waals surface area contributed by atoms with E-state index >= 15 is 0 Å². The first-order valence-electron chi connectivity index (χ1n) is 12.0. The van der Waals surface area contributed by atoms with E-state index in [1.54, 1.807) is 0 Å². The van der Waals surface area contributed by atoms with Crippen molar-refractivity contribution >= 4 is 0 Å². The fourth-order valence-corrected chi connectivity index (χ4v) is 5.58. The smallest absolute Gasteiger partial charge is 0.199 e. The van der Waals surface area contributed by atoms with E-state index in [1.165, 1.54) is 38.5 Å². The maximum Gasteiger partial charge on any atom is 0.460 e. The Balaban J connectivity index is 1.83. The molecule has 2 saturated carbocycles. The van der Waals surface area contributed by atoms with Crippen molar-refractivity contribution in [3.05, 3.63) is 0 Å². The maximum absolute atomic E-state index is 14.2. The van der Waals surface area contributed by atoms with Crippen molar-refractivity contribution in [3.63, 3.8) is 0 Å². The average molecular weight is 483 g/mol. The molecule has 0 saturated heterocycles. The van der Waals surface area contributed by atoms with Gasteiger partial charge in [-0.15, -0.1) is 0 Å². The predicted octanol–water partition coefficient (Wildman–Crippen LogP) is 9.43. The quantitative estimate of drug-likeness (QED) is 0.215. The minimum absolute atomic E-state index is 0.0457. The lowest BCUT2D eigenvalue weighted by Gasteiger charge is -2.42. The van der Waals surface area contributed by atoms with Gasteiger partial charge in [-0.05, 0) is 56.3 Å². The molecule has 2 aliphatic rings. The van der Waals surface area contributed by atoms with E-state index in [0.717, 1.165) is 25.7 Å². The number of rotatable bonds is 10. The van der Waals surface area contributed by atoms with Crippen molar-refractivity contribution in [1.82, 2.24) is 0 Å². The van der Waals surface area contributed by atoms with Gasteiger partial charge in [-0.25, -0.2) is 0 Å². The Labute approximate surface area is 184 Å². The summed E-state index contributed by atoms with van der Waals surface area (Å²) in [6, 6.07) is 0. The van der Waals surface area contributed by atoms with Gasteiger partial charge < -0.3 is 0 Å². The van der Waals surface area contributed by atoms with Crippen LogP contribution in [0.4, 0.5) is 39.5 Å². The van der Waals surface area contributed by atoms with Gasteiger partial charge in [-0.2, -0.15) is 39.5 Å². The van der Waals surface area contributed by atoms with Crippen LogP contribution in [-0.2, 0) is 0 Å². The van der Waals surface area contributed by atoms with Crippen LogP contribution in [0.2, 0.25) is 0 Å². The Morgan fingerprint density at radius 3 is 1.50 bits per heavy atom. The SMILES string of the molecule is CCCCCCC[C@H]1CC[C@H](C2CCC(C(F)(F)C(F)(F)C(F)(F)C(F)(F)F)CC2)CC1. The summed E-state index contributed by atoms with van der Waals surface area (Å²) < 4.78 is 119. The van der Waals surface area contributed by atoms with Crippen LogP contribution < -0.4 is 0 Å². The molecule has 0 amide bonds. The Morgan fingerprint density at radius 2 is 1.03 bits per heavy atom. The third-order valence-electron chi connectivity index (χ3n) is 7.73. The van der Waals surface area contributed by atoms with E-state index in [4.69, 9.17) is 0 Å². The summed E-state index contributed by atoms with van der Waals surface area (Å²) in [5, 5.41) is 0. The van der Waals surface area contributed by atoms with Crippen LogP contribution in [0, 0.1) is 23.7 Å². The molecule has 9 heteroatoms. The van der Waals surface area contributed by atoms with Gasteiger partial charge in [-0.1, -0.05) is 58.3 Å². The molecular weight excluding hydrogens is 447 g/mol. The molecule has 0 N–H and O–H groups in total. The van der Waals surface area contributed by atoms with Gasteiger partial charge in [0, 0.05) is 5.92 Å². The summed E-state index contributed by atoms with van der Waals surface area (Å²) in [4.78, 5) is 0. The Hall–Kier alpha value is -0.630. The van der Waals surface area contributed by atoms with Crippen LogP contribution in [0.25, 0.3) is 0 Å². The standard InChI is InChI=1S/C23H35F9/c1-2-3-4-5-6-7-16-8-10-17(11-9-16)18-12-14-19(15-13-18)20(24,25)21(26,27)22(28,29)23(30,31)32/h16-19H,2-15H2,1H3/t16-,17-,18?,19?. The van der Waals surface area contributed by atoms with E-state index < -0.39 is 42.7 Å². The van der Waals surface area contributed by atoms with E-state index in [2.05, 4.69) is 6.92 Å². The summed E-state index contributed by atoms with van der Waals surface area (Å²) in [6.45, 7) is 2.17. The molecule has 0 nitrogen and oxygen atoms in total. The summed E-state index contributed by atoms with van der Waals surface area (Å²) in [7, 11) is 0. The van der Waals surface area contributed by atoms with Gasteiger partial charge in [0.25, 0.3) is 0 Å². The molecule has 0 aliphatic heterocycles. The monoisotopic (exact) mass is 482 g/mol. The Kier molecular flexibility index (Phi) is 9.27. The largest absolute Gasteiger partial charge is 0.460 e. The van der Waals surface area contributed by atoms with Gasteiger partial charge >= 0.3 is 23.9 Å². The molecule has 0 atom stereocenters. The topological polar surface area (TPSA) is 0 Å². The van der Waals surface area contributed by atoms with Gasteiger partial charge in [-0.3, -0.25) is 0 Å². The summed E-state index contributed by atoms with van der Waals surface area (Å²) in [5.41, 5.74) is 0. The molecule has 2 aliphatic carbocycles. The first kappa shape index (κ1) is 27.6. The molecule has 190 valence electrons. The van der Waals surface area contributed by atoms with E-state index in [1.807, 2.05) is 0 Å². The van der Waals surface area contributed by atoms with E-state index in [-0.39, 0.29) is 24.7 Å². The highest BCUT2D eigenvalue weighted by atomic mass is 19.4.